The molecular formula is C17H14FNO2. The van der Waals surface area contributed by atoms with Gasteiger partial charge in [-0.1, -0.05) is 24.3 Å². The van der Waals surface area contributed by atoms with Crippen molar-refractivity contribution in [3.63, 3.8) is 0 Å². The molecule has 3 aromatic rings. The van der Waals surface area contributed by atoms with Crippen LogP contribution in [0.2, 0.25) is 0 Å². The highest BCUT2D eigenvalue weighted by molar-refractivity contribution is 5.88. The summed E-state index contributed by atoms with van der Waals surface area (Å²) >= 11 is 0. The molecule has 21 heavy (non-hydrogen) atoms. The van der Waals surface area contributed by atoms with E-state index in [9.17, 15) is 9.18 Å². The molecule has 0 aliphatic carbocycles. The highest BCUT2D eigenvalue weighted by Gasteiger charge is 2.11. The Hall–Kier alpha value is -2.62. The SMILES string of the molecule is Cc1cc2ccccc2n1Cc1ccc(C(=O)O)c(F)c1. The van der Waals surface area contributed by atoms with E-state index in [1.165, 1.54) is 12.1 Å². The van der Waals surface area contributed by atoms with Crippen LogP contribution in [0.5, 0.6) is 0 Å². The van der Waals surface area contributed by atoms with Crippen LogP contribution in [-0.2, 0) is 6.54 Å². The van der Waals surface area contributed by atoms with E-state index in [0.29, 0.717) is 6.54 Å². The molecule has 0 saturated carbocycles. The molecule has 4 heteroatoms. The molecule has 0 atom stereocenters. The van der Waals surface area contributed by atoms with Crippen molar-refractivity contribution in [2.75, 3.05) is 0 Å². The Balaban J connectivity index is 2.01. The fraction of sp³-hybridized carbons (Fsp3) is 0.118. The lowest BCUT2D eigenvalue weighted by Crippen LogP contribution is -2.05. The summed E-state index contributed by atoms with van der Waals surface area (Å²) in [6, 6.07) is 14.3. The third-order valence-corrected chi connectivity index (χ3v) is 3.62. The Morgan fingerprint density at radius 3 is 2.67 bits per heavy atom. The summed E-state index contributed by atoms with van der Waals surface area (Å²) in [7, 11) is 0. The first-order chi connectivity index (χ1) is 10.1. The minimum atomic E-state index is -1.25. The van der Waals surface area contributed by atoms with Crippen LogP contribution < -0.4 is 0 Å². The van der Waals surface area contributed by atoms with E-state index in [1.807, 2.05) is 31.2 Å². The smallest absolute Gasteiger partial charge is 0.338 e. The maximum atomic E-state index is 13.8. The van der Waals surface area contributed by atoms with Gasteiger partial charge in [-0.25, -0.2) is 9.18 Å². The lowest BCUT2D eigenvalue weighted by molar-refractivity contribution is 0.0692. The molecule has 0 aliphatic heterocycles. The van der Waals surface area contributed by atoms with Crippen molar-refractivity contribution in [3.8, 4) is 0 Å². The molecule has 3 nitrogen and oxygen atoms in total. The molecule has 2 aromatic carbocycles. The molecule has 0 amide bonds. The Kier molecular flexibility index (Phi) is 3.22. The summed E-state index contributed by atoms with van der Waals surface area (Å²) in [6.07, 6.45) is 0. The number of nitrogens with zero attached hydrogens (tertiary/aromatic N) is 1. The molecule has 0 aliphatic rings. The fourth-order valence-corrected chi connectivity index (χ4v) is 2.57. The number of hydrogen-bond acceptors (Lipinski definition) is 1. The lowest BCUT2D eigenvalue weighted by atomic mass is 10.1. The van der Waals surface area contributed by atoms with E-state index in [-0.39, 0.29) is 5.56 Å². The number of para-hydroxylation sites is 1. The first-order valence-electron chi connectivity index (χ1n) is 6.63. The normalized spacial score (nSPS) is 11.0. The number of hydrogen-bond donors (Lipinski definition) is 1. The number of benzene rings is 2. The highest BCUT2D eigenvalue weighted by atomic mass is 19.1. The minimum Gasteiger partial charge on any atom is -0.478 e. The molecule has 0 saturated heterocycles. The van der Waals surface area contributed by atoms with Gasteiger partial charge in [0.25, 0.3) is 0 Å². The van der Waals surface area contributed by atoms with Crippen LogP contribution in [0, 0.1) is 12.7 Å². The number of fused-ring (bicyclic) bond motifs is 1. The first-order valence-corrected chi connectivity index (χ1v) is 6.63. The van der Waals surface area contributed by atoms with Gasteiger partial charge in [0.1, 0.15) is 5.82 Å². The monoisotopic (exact) mass is 283 g/mol. The van der Waals surface area contributed by atoms with Crippen LogP contribution in [0.25, 0.3) is 10.9 Å². The van der Waals surface area contributed by atoms with Crippen LogP contribution in [0.15, 0.2) is 48.5 Å². The summed E-state index contributed by atoms with van der Waals surface area (Å²) in [5, 5.41) is 9.99. The predicted molar refractivity (Wildman–Crippen MR) is 79.1 cm³/mol. The van der Waals surface area contributed by atoms with Gasteiger partial charge >= 0.3 is 5.97 Å². The van der Waals surface area contributed by atoms with Crippen molar-refractivity contribution in [3.05, 3.63) is 71.2 Å². The minimum absolute atomic E-state index is 0.298. The van der Waals surface area contributed by atoms with Gasteiger partial charge in [-0.15, -0.1) is 0 Å². The number of rotatable bonds is 3. The van der Waals surface area contributed by atoms with Gasteiger partial charge in [0.05, 0.1) is 5.56 Å². The molecule has 1 heterocycles. The van der Waals surface area contributed by atoms with Gasteiger partial charge in [0.2, 0.25) is 0 Å². The zero-order chi connectivity index (χ0) is 15.0. The van der Waals surface area contributed by atoms with E-state index >= 15 is 0 Å². The summed E-state index contributed by atoms with van der Waals surface area (Å²) in [5.74, 6) is -1.95. The van der Waals surface area contributed by atoms with Crippen molar-refractivity contribution in [1.29, 1.82) is 0 Å². The average molecular weight is 283 g/mol. The maximum absolute atomic E-state index is 13.8. The molecule has 0 radical (unpaired) electrons. The Morgan fingerprint density at radius 2 is 1.95 bits per heavy atom. The lowest BCUT2D eigenvalue weighted by Gasteiger charge is -2.09. The second kappa shape index (κ2) is 5.05. The molecule has 3 rings (SSSR count). The van der Waals surface area contributed by atoms with Crippen LogP contribution >= 0.6 is 0 Å². The van der Waals surface area contributed by atoms with Crippen molar-refractivity contribution >= 4 is 16.9 Å². The van der Waals surface area contributed by atoms with E-state index in [0.717, 1.165) is 22.2 Å². The van der Waals surface area contributed by atoms with Gasteiger partial charge in [0, 0.05) is 17.8 Å². The Morgan fingerprint density at radius 1 is 1.19 bits per heavy atom. The number of carboxylic acids is 1. The molecule has 106 valence electrons. The molecular weight excluding hydrogens is 269 g/mol. The standard InChI is InChI=1S/C17H14FNO2/c1-11-8-13-4-2-3-5-16(13)19(11)10-12-6-7-14(17(20)21)15(18)9-12/h2-9H,10H2,1H3,(H,20,21). The molecule has 1 aromatic heterocycles. The second-order valence-corrected chi connectivity index (χ2v) is 5.05. The topological polar surface area (TPSA) is 42.2 Å². The first kappa shape index (κ1) is 13.4. The van der Waals surface area contributed by atoms with E-state index in [4.69, 9.17) is 5.11 Å². The van der Waals surface area contributed by atoms with Crippen molar-refractivity contribution < 1.29 is 14.3 Å². The summed E-state index contributed by atoms with van der Waals surface area (Å²) in [5.41, 5.74) is 2.60. The molecule has 0 fully saturated rings. The highest BCUT2D eigenvalue weighted by Crippen LogP contribution is 2.21. The van der Waals surface area contributed by atoms with E-state index in [1.54, 1.807) is 6.07 Å². The third-order valence-electron chi connectivity index (χ3n) is 3.62. The van der Waals surface area contributed by atoms with Gasteiger partial charge in [-0.05, 0) is 42.1 Å². The largest absolute Gasteiger partial charge is 0.478 e. The van der Waals surface area contributed by atoms with Gasteiger partial charge in [0.15, 0.2) is 0 Å². The number of halogens is 1. The van der Waals surface area contributed by atoms with Crippen LogP contribution in [0.3, 0.4) is 0 Å². The van der Waals surface area contributed by atoms with Gasteiger partial charge in [-0.2, -0.15) is 0 Å². The zero-order valence-corrected chi connectivity index (χ0v) is 11.5. The van der Waals surface area contributed by atoms with Crippen molar-refractivity contribution in [2.24, 2.45) is 0 Å². The predicted octanol–water partition coefficient (Wildman–Crippen LogP) is 3.84. The summed E-state index contributed by atoms with van der Waals surface area (Å²) < 4.78 is 15.8. The van der Waals surface area contributed by atoms with Crippen LogP contribution in [0.4, 0.5) is 4.39 Å². The maximum Gasteiger partial charge on any atom is 0.338 e. The summed E-state index contributed by atoms with van der Waals surface area (Å²) in [4.78, 5) is 10.8. The second-order valence-electron chi connectivity index (χ2n) is 5.05. The average Bonchev–Trinajstić information content (AvgIpc) is 2.75. The van der Waals surface area contributed by atoms with Crippen molar-refractivity contribution in [1.82, 2.24) is 4.57 Å². The molecule has 0 unspecified atom stereocenters. The number of carbonyl (C=O) groups is 1. The third kappa shape index (κ3) is 2.40. The van der Waals surface area contributed by atoms with Gasteiger partial charge < -0.3 is 9.67 Å². The van der Waals surface area contributed by atoms with Crippen LogP contribution in [-0.4, -0.2) is 15.6 Å². The van der Waals surface area contributed by atoms with E-state index in [2.05, 4.69) is 10.6 Å². The Bertz CT molecular complexity index is 836. The molecule has 0 bridgehead atoms. The summed E-state index contributed by atoms with van der Waals surface area (Å²) in [6.45, 7) is 2.51. The molecule has 0 spiro atoms. The van der Waals surface area contributed by atoms with Crippen LogP contribution in [0.1, 0.15) is 21.6 Å². The number of carboxylic acid groups (broad SMARTS) is 1. The van der Waals surface area contributed by atoms with Crippen molar-refractivity contribution in [2.45, 2.75) is 13.5 Å². The zero-order valence-electron chi connectivity index (χ0n) is 11.5. The van der Waals surface area contributed by atoms with Gasteiger partial charge in [-0.3, -0.25) is 0 Å². The quantitative estimate of drug-likeness (QED) is 0.793. The number of aromatic nitrogens is 1. The fourth-order valence-electron chi connectivity index (χ4n) is 2.57. The Labute approximate surface area is 121 Å². The number of aromatic carboxylic acids is 1. The molecule has 1 N–H and O–H groups in total. The van der Waals surface area contributed by atoms with E-state index < -0.39 is 11.8 Å². The number of aryl methyl sites for hydroxylation is 1.